The van der Waals surface area contributed by atoms with Crippen LogP contribution < -0.4 is 5.32 Å². The molecule has 2 amide bonds. The number of aromatic nitrogens is 2. The van der Waals surface area contributed by atoms with Crippen molar-refractivity contribution in [1.82, 2.24) is 20.0 Å². The third-order valence-electron chi connectivity index (χ3n) is 5.85. The van der Waals surface area contributed by atoms with Crippen LogP contribution >= 0.6 is 0 Å². The third kappa shape index (κ3) is 2.34. The lowest BCUT2D eigenvalue weighted by atomic mass is 9.75. The molecular formula is C20H22N4O4. The first-order valence-corrected chi connectivity index (χ1v) is 9.21. The molecule has 0 radical (unpaired) electrons. The zero-order valence-corrected chi connectivity index (χ0v) is 16.0. The molecule has 4 rings (SSSR count). The minimum Gasteiger partial charge on any atom is -0.467 e. The van der Waals surface area contributed by atoms with Crippen molar-refractivity contribution in [2.45, 2.75) is 25.0 Å². The zero-order valence-electron chi connectivity index (χ0n) is 16.0. The number of amides is 2. The molecule has 8 nitrogen and oxygen atoms in total. The van der Waals surface area contributed by atoms with Crippen molar-refractivity contribution in [3.05, 3.63) is 53.9 Å². The normalized spacial score (nSPS) is 29.2. The van der Waals surface area contributed by atoms with E-state index in [2.05, 4.69) is 10.4 Å². The summed E-state index contributed by atoms with van der Waals surface area (Å²) in [4.78, 5) is 40.3. The number of carbonyl (C=O) groups excluding carboxylic acids is 3. The second-order valence-corrected chi connectivity index (χ2v) is 7.16. The van der Waals surface area contributed by atoms with E-state index < -0.39 is 29.4 Å². The Bertz CT molecular complexity index is 941. The van der Waals surface area contributed by atoms with Gasteiger partial charge in [0.1, 0.15) is 0 Å². The predicted octanol–water partition coefficient (Wildman–Crippen LogP) is 0.847. The smallest absolute Gasteiger partial charge is 0.331 e. The van der Waals surface area contributed by atoms with Crippen LogP contribution in [0.15, 0.2) is 42.7 Å². The highest BCUT2D eigenvalue weighted by atomic mass is 16.5. The second-order valence-electron chi connectivity index (χ2n) is 7.16. The molecule has 8 heteroatoms. The molecule has 2 fully saturated rings. The summed E-state index contributed by atoms with van der Waals surface area (Å²) in [6, 6.07) is 8.43. The van der Waals surface area contributed by atoms with Crippen LogP contribution in [0.5, 0.6) is 0 Å². The zero-order chi connectivity index (χ0) is 20.1. The van der Waals surface area contributed by atoms with Crippen molar-refractivity contribution < 1.29 is 19.1 Å². The summed E-state index contributed by atoms with van der Waals surface area (Å²) >= 11 is 0. The molecule has 2 aromatic rings. The van der Waals surface area contributed by atoms with Crippen LogP contribution in [0.1, 0.15) is 24.1 Å². The molecule has 0 bridgehead atoms. The van der Waals surface area contributed by atoms with E-state index in [1.807, 2.05) is 19.2 Å². The largest absolute Gasteiger partial charge is 0.467 e. The van der Waals surface area contributed by atoms with E-state index >= 15 is 0 Å². The summed E-state index contributed by atoms with van der Waals surface area (Å²) in [7, 11) is 2.75. The number of aryl methyl sites for hydroxylation is 1. The van der Waals surface area contributed by atoms with Crippen molar-refractivity contribution >= 4 is 17.8 Å². The maximum atomic E-state index is 13.1. The van der Waals surface area contributed by atoms with Crippen molar-refractivity contribution in [2.24, 2.45) is 11.8 Å². The Morgan fingerprint density at radius 1 is 1.25 bits per heavy atom. The van der Waals surface area contributed by atoms with Gasteiger partial charge in [0, 0.05) is 31.4 Å². The Morgan fingerprint density at radius 2 is 1.96 bits per heavy atom. The van der Waals surface area contributed by atoms with Gasteiger partial charge in [0.25, 0.3) is 0 Å². The van der Waals surface area contributed by atoms with Crippen LogP contribution in [0, 0.1) is 11.8 Å². The Kier molecular flexibility index (Phi) is 4.30. The fourth-order valence-electron chi connectivity index (χ4n) is 4.48. The number of carbonyl (C=O) groups is 3. The molecule has 1 aromatic heterocycles. The Morgan fingerprint density at radius 3 is 2.57 bits per heavy atom. The average Bonchev–Trinajstić information content (AvgIpc) is 3.40. The van der Waals surface area contributed by atoms with Crippen molar-refractivity contribution in [1.29, 1.82) is 0 Å². The summed E-state index contributed by atoms with van der Waals surface area (Å²) in [5, 5.41) is 7.61. The predicted molar refractivity (Wildman–Crippen MR) is 98.7 cm³/mol. The van der Waals surface area contributed by atoms with E-state index in [9.17, 15) is 14.4 Å². The van der Waals surface area contributed by atoms with Gasteiger partial charge >= 0.3 is 5.97 Å². The van der Waals surface area contributed by atoms with E-state index in [0.29, 0.717) is 12.1 Å². The van der Waals surface area contributed by atoms with E-state index in [1.165, 1.54) is 14.2 Å². The molecule has 2 aliphatic rings. The van der Waals surface area contributed by atoms with E-state index in [1.54, 1.807) is 35.1 Å². The number of esters is 1. The topological polar surface area (TPSA) is 93.5 Å². The van der Waals surface area contributed by atoms with Gasteiger partial charge in [-0.1, -0.05) is 30.3 Å². The number of fused-ring (bicyclic) bond motifs is 1. The van der Waals surface area contributed by atoms with Gasteiger partial charge in [-0.15, -0.1) is 0 Å². The standard InChI is InChI=1S/C20H22N4O4/c1-4-24-11-12(10-21-24)16-14-15(18(26)23(2)17(14)25)20(22-16,19(27)28-3)13-8-6-5-7-9-13/h5-11,14-16,22H,4H2,1-3H3/t14-,15-,16-,20-/m0/s1. The Hall–Kier alpha value is -3.00. The molecule has 28 heavy (non-hydrogen) atoms. The van der Waals surface area contributed by atoms with E-state index in [0.717, 1.165) is 10.5 Å². The van der Waals surface area contributed by atoms with Crippen molar-refractivity contribution in [2.75, 3.05) is 14.2 Å². The highest BCUT2D eigenvalue weighted by Gasteiger charge is 2.69. The van der Waals surface area contributed by atoms with Gasteiger partial charge in [0.15, 0.2) is 5.54 Å². The van der Waals surface area contributed by atoms with Gasteiger partial charge in [-0.25, -0.2) is 4.79 Å². The van der Waals surface area contributed by atoms with Gasteiger partial charge in [0.2, 0.25) is 11.8 Å². The minimum atomic E-state index is -1.45. The molecular weight excluding hydrogens is 360 g/mol. The minimum absolute atomic E-state index is 0.307. The highest BCUT2D eigenvalue weighted by molar-refractivity contribution is 6.09. The SMILES string of the molecule is CCn1cc([C@@H]2N[C@@](C(=O)OC)(c3ccccc3)[C@@H]3C(=O)N(C)C(=O)[C@@H]32)cn1. The van der Waals surface area contributed by atoms with Crippen LogP contribution in [0.3, 0.4) is 0 Å². The maximum Gasteiger partial charge on any atom is 0.331 e. The van der Waals surface area contributed by atoms with Gasteiger partial charge in [0.05, 0.1) is 25.1 Å². The van der Waals surface area contributed by atoms with E-state index in [-0.39, 0.29) is 11.8 Å². The molecule has 0 saturated carbocycles. The summed E-state index contributed by atoms with van der Waals surface area (Å²) < 4.78 is 6.87. The van der Waals surface area contributed by atoms with Gasteiger partial charge < -0.3 is 4.74 Å². The maximum absolute atomic E-state index is 13.1. The molecule has 0 spiro atoms. The van der Waals surface area contributed by atoms with Crippen LogP contribution in [0.25, 0.3) is 0 Å². The summed E-state index contributed by atoms with van der Waals surface area (Å²) in [5.41, 5.74) is -0.0920. The number of likely N-dealkylation sites (tertiary alicyclic amines) is 1. The molecule has 146 valence electrons. The van der Waals surface area contributed by atoms with Gasteiger partial charge in [-0.3, -0.25) is 24.5 Å². The molecule has 1 N–H and O–H groups in total. The summed E-state index contributed by atoms with van der Waals surface area (Å²) in [5.74, 6) is -2.89. The number of hydrogen-bond acceptors (Lipinski definition) is 6. The number of rotatable bonds is 4. The monoisotopic (exact) mass is 382 g/mol. The summed E-state index contributed by atoms with van der Waals surface area (Å²) in [6.45, 7) is 2.64. The molecule has 1 aromatic carbocycles. The number of methoxy groups -OCH3 is 1. The van der Waals surface area contributed by atoms with E-state index in [4.69, 9.17) is 4.74 Å². The molecule has 2 saturated heterocycles. The first kappa shape index (κ1) is 18.4. The first-order valence-electron chi connectivity index (χ1n) is 9.21. The van der Waals surface area contributed by atoms with Crippen molar-refractivity contribution in [3.8, 4) is 0 Å². The molecule has 3 heterocycles. The van der Waals surface area contributed by atoms with Gasteiger partial charge in [-0.2, -0.15) is 5.10 Å². The first-order chi connectivity index (χ1) is 13.5. The average molecular weight is 382 g/mol. The van der Waals surface area contributed by atoms with Gasteiger partial charge in [-0.05, 0) is 12.5 Å². The number of hydrogen-bond donors (Lipinski definition) is 1. The summed E-state index contributed by atoms with van der Waals surface area (Å²) in [6.07, 6.45) is 3.51. The van der Waals surface area contributed by atoms with Crippen LogP contribution in [-0.4, -0.2) is 46.6 Å². The highest BCUT2D eigenvalue weighted by Crippen LogP contribution is 2.52. The molecule has 0 unspecified atom stereocenters. The van der Waals surface area contributed by atoms with Crippen LogP contribution in [0.4, 0.5) is 0 Å². The lowest BCUT2D eigenvalue weighted by Gasteiger charge is -2.32. The van der Waals surface area contributed by atoms with Crippen LogP contribution in [0.2, 0.25) is 0 Å². The Balaban J connectivity index is 1.92. The molecule has 4 atom stereocenters. The molecule has 0 aliphatic carbocycles. The second kappa shape index (κ2) is 6.56. The number of benzene rings is 1. The van der Waals surface area contributed by atoms with Crippen LogP contribution in [-0.2, 0) is 31.2 Å². The fraction of sp³-hybridized carbons (Fsp3) is 0.400. The number of ether oxygens (including phenoxy) is 1. The number of nitrogens with zero attached hydrogens (tertiary/aromatic N) is 3. The lowest BCUT2D eigenvalue weighted by Crippen LogP contribution is -2.53. The quantitative estimate of drug-likeness (QED) is 0.622. The third-order valence-corrected chi connectivity index (χ3v) is 5.85. The number of imide groups is 1. The fourth-order valence-corrected chi connectivity index (χ4v) is 4.48. The number of nitrogens with one attached hydrogen (secondary N) is 1. The Labute approximate surface area is 162 Å². The lowest BCUT2D eigenvalue weighted by molar-refractivity contribution is -0.154. The molecule has 2 aliphatic heterocycles. The van der Waals surface area contributed by atoms with Crippen molar-refractivity contribution in [3.63, 3.8) is 0 Å².